The van der Waals surface area contributed by atoms with Gasteiger partial charge in [-0.1, -0.05) is 6.07 Å². The zero-order chi connectivity index (χ0) is 19.1. The average Bonchev–Trinajstić information content (AvgIpc) is 3.33. The highest BCUT2D eigenvalue weighted by atomic mass is 127. The van der Waals surface area contributed by atoms with Crippen molar-refractivity contribution in [3.8, 4) is 0 Å². The molecule has 0 bridgehead atoms. The monoisotopic (exact) mass is 522 g/mol. The number of halogens is 1. The number of thiophene rings is 1. The van der Waals surface area contributed by atoms with Crippen LogP contribution < -0.4 is 16.0 Å². The molecule has 0 aromatic carbocycles. The van der Waals surface area contributed by atoms with E-state index in [4.69, 9.17) is 4.74 Å². The molecule has 28 heavy (non-hydrogen) atoms. The number of amides is 3. The summed E-state index contributed by atoms with van der Waals surface area (Å²) in [6, 6.07) is 4.13. The van der Waals surface area contributed by atoms with Crippen molar-refractivity contribution in [3.05, 3.63) is 22.4 Å². The second-order valence-corrected chi connectivity index (χ2v) is 7.24. The molecule has 0 spiro atoms. The normalized spacial score (nSPS) is 19.2. The molecular weight excluding hydrogens is 495 g/mol. The van der Waals surface area contributed by atoms with E-state index in [1.165, 1.54) is 9.78 Å². The van der Waals surface area contributed by atoms with Gasteiger partial charge in [-0.3, -0.25) is 19.6 Å². The number of rotatable bonds is 7. The second kappa shape index (κ2) is 11.5. The summed E-state index contributed by atoms with van der Waals surface area (Å²) in [5.41, 5.74) is 0. The minimum atomic E-state index is -0.338. The van der Waals surface area contributed by atoms with Gasteiger partial charge in [-0.15, -0.1) is 35.3 Å². The minimum Gasteiger partial charge on any atom is -0.379 e. The number of nitrogens with zero attached hydrogens (tertiary/aromatic N) is 3. The van der Waals surface area contributed by atoms with Gasteiger partial charge < -0.3 is 20.7 Å². The lowest BCUT2D eigenvalue weighted by Crippen LogP contribution is -2.47. The molecule has 2 saturated heterocycles. The largest absolute Gasteiger partial charge is 0.379 e. The number of hydrogen-bond acceptors (Lipinski definition) is 6. The lowest BCUT2D eigenvalue weighted by atomic mass is 10.2. The van der Waals surface area contributed by atoms with Crippen LogP contribution in [0.2, 0.25) is 0 Å². The van der Waals surface area contributed by atoms with Crippen LogP contribution in [0, 0.1) is 0 Å². The van der Waals surface area contributed by atoms with E-state index in [2.05, 4.69) is 43.4 Å². The third-order valence-electron chi connectivity index (χ3n) is 4.61. The molecule has 3 N–H and O–H groups in total. The first-order valence-electron chi connectivity index (χ1n) is 9.07. The zero-order valence-electron chi connectivity index (χ0n) is 15.8. The van der Waals surface area contributed by atoms with Crippen LogP contribution in [0.5, 0.6) is 0 Å². The molecule has 3 heterocycles. The number of aliphatic imine (C=N–C) groups is 1. The van der Waals surface area contributed by atoms with E-state index in [0.717, 1.165) is 26.3 Å². The van der Waals surface area contributed by atoms with Gasteiger partial charge in [0, 0.05) is 44.6 Å². The molecule has 0 saturated carbocycles. The summed E-state index contributed by atoms with van der Waals surface area (Å²) in [7, 11) is 1.71. The topological polar surface area (TPSA) is 98.3 Å². The van der Waals surface area contributed by atoms with Crippen molar-refractivity contribution in [1.29, 1.82) is 0 Å². The lowest BCUT2D eigenvalue weighted by molar-refractivity contribution is -0.124. The third-order valence-corrected chi connectivity index (χ3v) is 5.58. The van der Waals surface area contributed by atoms with Crippen molar-refractivity contribution in [3.63, 3.8) is 0 Å². The molecule has 3 amide bonds. The highest BCUT2D eigenvalue weighted by Crippen LogP contribution is 2.25. The number of urea groups is 1. The number of nitrogens with one attached hydrogen (secondary N) is 3. The van der Waals surface area contributed by atoms with E-state index in [1.54, 1.807) is 18.4 Å². The summed E-state index contributed by atoms with van der Waals surface area (Å²) in [6.07, 6.45) is 0. The number of carbonyl (C=O) groups excluding carboxylic acids is 2. The summed E-state index contributed by atoms with van der Waals surface area (Å²) in [5.74, 6) is 0.451. The predicted octanol–water partition coefficient (Wildman–Crippen LogP) is 0.456. The molecular formula is C17H27IN6O3S. The highest BCUT2D eigenvalue weighted by molar-refractivity contribution is 14.0. The van der Waals surface area contributed by atoms with E-state index in [-0.39, 0.29) is 48.5 Å². The summed E-state index contributed by atoms with van der Waals surface area (Å²) in [4.78, 5) is 32.3. The van der Waals surface area contributed by atoms with Gasteiger partial charge >= 0.3 is 6.03 Å². The fourth-order valence-electron chi connectivity index (χ4n) is 3.16. The second-order valence-electron chi connectivity index (χ2n) is 6.26. The smallest absolute Gasteiger partial charge is 0.324 e. The van der Waals surface area contributed by atoms with Crippen LogP contribution in [-0.2, 0) is 9.53 Å². The minimum absolute atomic E-state index is 0. The average molecular weight is 522 g/mol. The van der Waals surface area contributed by atoms with E-state index in [0.29, 0.717) is 25.6 Å². The summed E-state index contributed by atoms with van der Waals surface area (Å²) >= 11 is 1.75. The van der Waals surface area contributed by atoms with Crippen LogP contribution in [0.4, 0.5) is 4.79 Å². The molecule has 2 fully saturated rings. The van der Waals surface area contributed by atoms with Gasteiger partial charge in [-0.2, -0.15) is 0 Å². The Balaban J connectivity index is 0.00000280. The number of hydrogen-bond donors (Lipinski definition) is 3. The van der Waals surface area contributed by atoms with Gasteiger partial charge in [0.2, 0.25) is 5.91 Å². The number of morpholine rings is 1. The number of imide groups is 1. The Hall–Kier alpha value is -1.44. The van der Waals surface area contributed by atoms with Gasteiger partial charge in [-0.05, 0) is 11.4 Å². The first-order valence-corrected chi connectivity index (χ1v) is 9.95. The van der Waals surface area contributed by atoms with E-state index in [9.17, 15) is 9.59 Å². The van der Waals surface area contributed by atoms with Gasteiger partial charge in [0.15, 0.2) is 5.96 Å². The molecule has 1 aromatic heterocycles. The standard InChI is InChI=1S/C17H26N6O3S.HI/c1-18-16(19-4-5-23-15(24)12-21-17(23)25)20-11-13(14-3-2-10-27-14)22-6-8-26-9-7-22;/h2-3,10,13H,4-9,11-12H2,1H3,(H,21,25)(H2,18,19,20);1H. The molecule has 3 rings (SSSR count). The molecule has 1 aromatic rings. The predicted molar refractivity (Wildman–Crippen MR) is 119 cm³/mol. The van der Waals surface area contributed by atoms with Gasteiger partial charge in [0.25, 0.3) is 0 Å². The first-order chi connectivity index (χ1) is 13.2. The maximum Gasteiger partial charge on any atom is 0.324 e. The number of guanidine groups is 1. The summed E-state index contributed by atoms with van der Waals surface area (Å²) in [6.45, 7) is 4.85. The van der Waals surface area contributed by atoms with Crippen molar-refractivity contribution < 1.29 is 14.3 Å². The maximum absolute atomic E-state index is 11.6. The van der Waals surface area contributed by atoms with Crippen molar-refractivity contribution in [2.24, 2.45) is 4.99 Å². The molecule has 2 aliphatic rings. The van der Waals surface area contributed by atoms with Gasteiger partial charge in [-0.25, -0.2) is 4.79 Å². The van der Waals surface area contributed by atoms with Crippen LogP contribution in [0.15, 0.2) is 22.5 Å². The fraction of sp³-hybridized carbons (Fsp3) is 0.588. The summed E-state index contributed by atoms with van der Waals surface area (Å²) < 4.78 is 5.47. The molecule has 0 aliphatic carbocycles. The van der Waals surface area contributed by atoms with Crippen molar-refractivity contribution in [2.75, 3.05) is 59.5 Å². The van der Waals surface area contributed by atoms with Crippen LogP contribution in [-0.4, -0.2) is 87.2 Å². The Morgan fingerprint density at radius 3 is 2.75 bits per heavy atom. The quantitative estimate of drug-likeness (QED) is 0.208. The molecule has 1 unspecified atom stereocenters. The van der Waals surface area contributed by atoms with Crippen LogP contribution >= 0.6 is 35.3 Å². The van der Waals surface area contributed by atoms with Gasteiger partial charge in [0.05, 0.1) is 25.8 Å². The fourth-order valence-corrected chi connectivity index (χ4v) is 4.02. The first kappa shape index (κ1) is 22.8. The lowest BCUT2D eigenvalue weighted by Gasteiger charge is -2.34. The van der Waals surface area contributed by atoms with Crippen molar-refractivity contribution >= 4 is 53.2 Å². The van der Waals surface area contributed by atoms with E-state index >= 15 is 0 Å². The van der Waals surface area contributed by atoms with E-state index < -0.39 is 0 Å². The summed E-state index contributed by atoms with van der Waals surface area (Å²) in [5, 5.41) is 11.1. The maximum atomic E-state index is 11.6. The molecule has 0 radical (unpaired) electrons. The zero-order valence-corrected chi connectivity index (χ0v) is 19.0. The molecule has 11 heteroatoms. The number of carbonyl (C=O) groups is 2. The molecule has 156 valence electrons. The Kier molecular flexibility index (Phi) is 9.41. The Bertz CT molecular complexity index is 650. The van der Waals surface area contributed by atoms with Gasteiger partial charge in [0.1, 0.15) is 0 Å². The molecule has 9 nitrogen and oxygen atoms in total. The molecule has 1 atom stereocenters. The molecule has 2 aliphatic heterocycles. The Labute approximate surface area is 185 Å². The highest BCUT2D eigenvalue weighted by Gasteiger charge is 2.28. The number of ether oxygens (including phenoxy) is 1. The van der Waals surface area contributed by atoms with Crippen LogP contribution in [0.25, 0.3) is 0 Å². The van der Waals surface area contributed by atoms with Crippen molar-refractivity contribution in [1.82, 2.24) is 25.8 Å². The van der Waals surface area contributed by atoms with Crippen molar-refractivity contribution in [2.45, 2.75) is 6.04 Å². The Morgan fingerprint density at radius 2 is 2.14 bits per heavy atom. The third kappa shape index (κ3) is 6.03. The van der Waals surface area contributed by atoms with Crippen LogP contribution in [0.1, 0.15) is 10.9 Å². The van der Waals surface area contributed by atoms with Crippen LogP contribution in [0.3, 0.4) is 0 Å². The SMILES string of the molecule is CN=C(NCCN1C(=O)CNC1=O)NCC(c1cccs1)N1CCOCC1.I. The van der Waals surface area contributed by atoms with E-state index in [1.807, 2.05) is 0 Å². The Morgan fingerprint density at radius 1 is 1.36 bits per heavy atom.